The minimum absolute atomic E-state index is 0.0364. The summed E-state index contributed by atoms with van der Waals surface area (Å²) in [6.45, 7) is 2.12. The van der Waals surface area contributed by atoms with Crippen molar-refractivity contribution >= 4 is 45.1 Å². The van der Waals surface area contributed by atoms with Crippen LogP contribution in [0.3, 0.4) is 0 Å². The van der Waals surface area contributed by atoms with E-state index in [0.717, 1.165) is 16.0 Å². The maximum Gasteiger partial charge on any atom is 0.325 e. The predicted octanol–water partition coefficient (Wildman–Crippen LogP) is 2.24. The molecule has 1 fully saturated rings. The van der Waals surface area contributed by atoms with Gasteiger partial charge in [0.15, 0.2) is 0 Å². The van der Waals surface area contributed by atoms with Crippen molar-refractivity contribution in [3.8, 4) is 0 Å². The van der Waals surface area contributed by atoms with Gasteiger partial charge in [0.1, 0.15) is 12.6 Å². The highest BCUT2D eigenvalue weighted by atomic mass is 32.2. The monoisotopic (exact) mass is 654 g/mol. The number of nitrogens with zero attached hydrogens (tertiary/aromatic N) is 3. The van der Waals surface area contributed by atoms with Crippen molar-refractivity contribution in [1.29, 1.82) is 0 Å². The number of benzene rings is 2. The van der Waals surface area contributed by atoms with Crippen LogP contribution >= 0.6 is 11.3 Å². The molecule has 2 aromatic carbocycles. The highest BCUT2D eigenvalue weighted by molar-refractivity contribution is 7.89. The van der Waals surface area contributed by atoms with Crippen LogP contribution in [-0.2, 0) is 53.2 Å². The number of carbonyl (C=O) groups is 4. The standard InChI is InChI=1S/C32H38N4O7S2/c1-2-43-31(39)23-34(17-14-25-10-12-27(13-11-25)45(33,41)42)29(37)21-28-32(40)35(18-15-24-7-4-3-5-8-24)22-30(38)36(28)19-16-26-9-6-20-44-26/h3-13,20,28H,2,14-19,21-23H2,1H3,(H2,33,41,42). The lowest BCUT2D eigenvalue weighted by Crippen LogP contribution is -2.61. The maximum atomic E-state index is 13.9. The largest absolute Gasteiger partial charge is 0.465 e. The predicted molar refractivity (Wildman–Crippen MR) is 170 cm³/mol. The average molecular weight is 655 g/mol. The van der Waals surface area contributed by atoms with Gasteiger partial charge in [-0.1, -0.05) is 48.5 Å². The van der Waals surface area contributed by atoms with Gasteiger partial charge in [-0.25, -0.2) is 13.6 Å². The van der Waals surface area contributed by atoms with E-state index in [4.69, 9.17) is 9.88 Å². The number of thiophene rings is 1. The Bertz CT molecular complexity index is 1560. The zero-order valence-corrected chi connectivity index (χ0v) is 26.8. The molecule has 1 aromatic heterocycles. The highest BCUT2D eigenvalue weighted by Gasteiger charge is 2.41. The van der Waals surface area contributed by atoms with Gasteiger partial charge in [-0.15, -0.1) is 11.3 Å². The zero-order valence-electron chi connectivity index (χ0n) is 25.2. The molecule has 0 bridgehead atoms. The van der Waals surface area contributed by atoms with E-state index in [0.29, 0.717) is 25.8 Å². The van der Waals surface area contributed by atoms with Gasteiger partial charge in [0.05, 0.1) is 24.5 Å². The SMILES string of the molecule is CCOC(=O)CN(CCc1ccc(S(N)(=O)=O)cc1)C(=O)CC1C(=O)N(CCc2ccccc2)CC(=O)N1CCc1cccs1. The van der Waals surface area contributed by atoms with Crippen molar-refractivity contribution in [2.24, 2.45) is 5.14 Å². The van der Waals surface area contributed by atoms with Gasteiger partial charge in [-0.2, -0.15) is 0 Å². The van der Waals surface area contributed by atoms with Crippen LogP contribution in [0, 0.1) is 0 Å². The molecular formula is C32H38N4O7S2. The molecule has 2 heterocycles. The second-order valence-electron chi connectivity index (χ2n) is 10.7. The van der Waals surface area contributed by atoms with Crippen molar-refractivity contribution in [3.63, 3.8) is 0 Å². The van der Waals surface area contributed by atoms with E-state index in [9.17, 15) is 27.6 Å². The van der Waals surface area contributed by atoms with E-state index in [1.165, 1.54) is 26.8 Å². The van der Waals surface area contributed by atoms with Crippen molar-refractivity contribution in [2.75, 3.05) is 39.3 Å². The minimum Gasteiger partial charge on any atom is -0.465 e. The first-order valence-corrected chi connectivity index (χ1v) is 17.2. The number of esters is 1. The number of rotatable bonds is 15. The number of hydrogen-bond acceptors (Lipinski definition) is 8. The lowest BCUT2D eigenvalue weighted by Gasteiger charge is -2.40. The zero-order chi connectivity index (χ0) is 32.4. The molecule has 3 aromatic rings. The molecule has 240 valence electrons. The lowest BCUT2D eigenvalue weighted by molar-refractivity contribution is -0.158. The minimum atomic E-state index is -3.86. The molecule has 0 spiro atoms. The fourth-order valence-corrected chi connectivity index (χ4v) is 6.38. The van der Waals surface area contributed by atoms with Gasteiger partial charge in [-0.05, 0) is 60.9 Å². The quantitative estimate of drug-likeness (QED) is 0.247. The summed E-state index contributed by atoms with van der Waals surface area (Å²) >= 11 is 1.56. The normalized spacial score (nSPS) is 15.3. The third kappa shape index (κ3) is 9.71. The molecule has 0 saturated carbocycles. The topological polar surface area (TPSA) is 147 Å². The molecule has 2 N–H and O–H groups in total. The molecule has 11 nitrogen and oxygen atoms in total. The molecule has 3 amide bonds. The number of carbonyl (C=O) groups excluding carboxylic acids is 4. The van der Waals surface area contributed by atoms with Gasteiger partial charge in [-0.3, -0.25) is 19.2 Å². The van der Waals surface area contributed by atoms with E-state index in [-0.39, 0.29) is 55.9 Å². The number of sulfonamides is 1. The Hall–Kier alpha value is -4.07. The molecule has 1 aliphatic rings. The molecule has 4 rings (SSSR count). The number of piperazine rings is 1. The van der Waals surface area contributed by atoms with E-state index in [1.54, 1.807) is 30.4 Å². The van der Waals surface area contributed by atoms with Gasteiger partial charge in [0, 0.05) is 24.5 Å². The molecule has 0 radical (unpaired) electrons. The van der Waals surface area contributed by atoms with Crippen molar-refractivity contribution in [1.82, 2.24) is 14.7 Å². The molecule has 1 unspecified atom stereocenters. The Balaban J connectivity index is 1.52. The summed E-state index contributed by atoms with van der Waals surface area (Å²) in [6, 6.07) is 18.5. The summed E-state index contributed by atoms with van der Waals surface area (Å²) in [6.07, 6.45) is 1.13. The summed E-state index contributed by atoms with van der Waals surface area (Å²) in [7, 11) is -3.86. The Labute approximate surface area is 267 Å². The van der Waals surface area contributed by atoms with E-state index in [1.807, 2.05) is 47.8 Å². The van der Waals surface area contributed by atoms with Crippen molar-refractivity contribution in [3.05, 3.63) is 88.1 Å². The number of amides is 3. The Morgan fingerprint density at radius 2 is 1.67 bits per heavy atom. The Kier molecular flexibility index (Phi) is 11.9. The van der Waals surface area contributed by atoms with Crippen LogP contribution in [0.2, 0.25) is 0 Å². The van der Waals surface area contributed by atoms with E-state index >= 15 is 0 Å². The Morgan fingerprint density at radius 1 is 0.956 bits per heavy atom. The molecule has 13 heteroatoms. The highest BCUT2D eigenvalue weighted by Crippen LogP contribution is 2.20. The molecule has 1 atom stereocenters. The summed E-state index contributed by atoms with van der Waals surface area (Å²) in [5.41, 5.74) is 1.75. The summed E-state index contributed by atoms with van der Waals surface area (Å²) in [5, 5.41) is 7.14. The lowest BCUT2D eigenvalue weighted by atomic mass is 10.0. The first kappa shape index (κ1) is 33.8. The van der Waals surface area contributed by atoms with Crippen LogP contribution in [0.5, 0.6) is 0 Å². The first-order chi connectivity index (χ1) is 21.5. The van der Waals surface area contributed by atoms with Gasteiger partial charge < -0.3 is 19.4 Å². The average Bonchev–Trinajstić information content (AvgIpc) is 3.54. The summed E-state index contributed by atoms with van der Waals surface area (Å²) in [4.78, 5) is 58.9. The van der Waals surface area contributed by atoms with Crippen molar-refractivity contribution < 1.29 is 32.3 Å². The Morgan fingerprint density at radius 3 is 2.31 bits per heavy atom. The molecule has 1 saturated heterocycles. The van der Waals surface area contributed by atoms with Gasteiger partial charge in [0.25, 0.3) is 0 Å². The van der Waals surface area contributed by atoms with Crippen LogP contribution in [-0.4, -0.2) is 92.2 Å². The van der Waals surface area contributed by atoms with Gasteiger partial charge >= 0.3 is 5.97 Å². The number of primary sulfonamides is 1. The van der Waals surface area contributed by atoms with Crippen LogP contribution in [0.25, 0.3) is 0 Å². The first-order valence-electron chi connectivity index (χ1n) is 14.7. The third-order valence-corrected chi connectivity index (χ3v) is 9.45. The fourth-order valence-electron chi connectivity index (χ4n) is 5.17. The van der Waals surface area contributed by atoms with Crippen LogP contribution in [0.4, 0.5) is 0 Å². The smallest absolute Gasteiger partial charge is 0.325 e. The van der Waals surface area contributed by atoms with Crippen LogP contribution in [0.15, 0.2) is 77.0 Å². The summed E-state index contributed by atoms with van der Waals surface area (Å²) in [5.74, 6) is -1.61. The summed E-state index contributed by atoms with van der Waals surface area (Å²) < 4.78 is 28.3. The molecule has 45 heavy (non-hydrogen) atoms. The number of nitrogens with two attached hydrogens (primary N) is 1. The molecular weight excluding hydrogens is 617 g/mol. The van der Waals surface area contributed by atoms with Crippen LogP contribution < -0.4 is 5.14 Å². The third-order valence-electron chi connectivity index (χ3n) is 7.58. The second-order valence-corrected chi connectivity index (χ2v) is 13.3. The molecule has 0 aliphatic carbocycles. The van der Waals surface area contributed by atoms with Crippen LogP contribution in [0.1, 0.15) is 29.3 Å². The maximum absolute atomic E-state index is 13.9. The van der Waals surface area contributed by atoms with E-state index in [2.05, 4.69) is 0 Å². The van der Waals surface area contributed by atoms with Gasteiger partial charge in [0.2, 0.25) is 27.7 Å². The number of ether oxygens (including phenoxy) is 1. The fraction of sp³-hybridized carbons (Fsp3) is 0.375. The van der Waals surface area contributed by atoms with Crippen molar-refractivity contribution in [2.45, 2.75) is 43.5 Å². The second kappa shape index (κ2) is 15.8. The van der Waals surface area contributed by atoms with E-state index < -0.39 is 27.9 Å². The number of hydrogen-bond donors (Lipinski definition) is 1. The molecule has 1 aliphatic heterocycles.